The predicted octanol–water partition coefficient (Wildman–Crippen LogP) is 5.31. The van der Waals surface area contributed by atoms with Gasteiger partial charge in [0.05, 0.1) is 18.5 Å². The van der Waals surface area contributed by atoms with Crippen LogP contribution in [0, 0.1) is 13.8 Å². The van der Waals surface area contributed by atoms with E-state index < -0.39 is 0 Å². The second kappa shape index (κ2) is 9.48. The van der Waals surface area contributed by atoms with E-state index >= 15 is 0 Å². The molecule has 0 aliphatic heterocycles. The van der Waals surface area contributed by atoms with Crippen molar-refractivity contribution in [3.63, 3.8) is 0 Å². The van der Waals surface area contributed by atoms with Gasteiger partial charge in [0.1, 0.15) is 11.5 Å². The number of rotatable bonds is 7. The van der Waals surface area contributed by atoms with Gasteiger partial charge in [0.15, 0.2) is 0 Å². The lowest BCUT2D eigenvalue weighted by molar-refractivity contribution is 0.237. The molecule has 3 rings (SSSR count). The molecule has 0 saturated heterocycles. The van der Waals surface area contributed by atoms with Crippen LogP contribution in [0.15, 0.2) is 48.5 Å². The Morgan fingerprint density at radius 1 is 0.871 bits per heavy atom. The van der Waals surface area contributed by atoms with Crippen molar-refractivity contribution >= 4 is 0 Å². The maximum absolute atomic E-state index is 11.1. The Kier molecular flexibility index (Phi) is 6.96. The second-order valence-corrected chi connectivity index (χ2v) is 9.12. The van der Waals surface area contributed by atoms with E-state index in [0.29, 0.717) is 25.4 Å². The lowest BCUT2D eigenvalue weighted by Gasteiger charge is -2.26. The molecule has 0 aliphatic rings. The van der Waals surface area contributed by atoms with E-state index in [1.54, 1.807) is 7.11 Å². The molecule has 1 N–H and O–H groups in total. The molecule has 0 unspecified atom stereocenters. The van der Waals surface area contributed by atoms with Crippen LogP contribution >= 0.6 is 0 Å². The van der Waals surface area contributed by atoms with Crippen molar-refractivity contribution in [3.8, 4) is 11.5 Å². The summed E-state index contributed by atoms with van der Waals surface area (Å²) >= 11 is 0. The van der Waals surface area contributed by atoms with Crippen LogP contribution in [0.1, 0.15) is 54.7 Å². The van der Waals surface area contributed by atoms with Gasteiger partial charge in [-0.1, -0.05) is 32.9 Å². The molecule has 0 atom stereocenters. The van der Waals surface area contributed by atoms with Gasteiger partial charge in [-0.05, 0) is 55.7 Å². The summed E-state index contributed by atoms with van der Waals surface area (Å²) in [6, 6.07) is 16.0. The second-order valence-electron chi connectivity index (χ2n) is 9.12. The summed E-state index contributed by atoms with van der Waals surface area (Å²) < 4.78 is 5.54. The van der Waals surface area contributed by atoms with Gasteiger partial charge < -0.3 is 9.84 Å². The molecule has 2 heterocycles. The number of benzene rings is 1. The smallest absolute Gasteiger partial charge is 0.124 e. The van der Waals surface area contributed by atoms with Crippen LogP contribution < -0.4 is 4.74 Å². The Labute approximate surface area is 185 Å². The summed E-state index contributed by atoms with van der Waals surface area (Å²) in [6.07, 6.45) is 0. The van der Waals surface area contributed by atoms with E-state index in [1.807, 2.05) is 62.4 Å². The van der Waals surface area contributed by atoms with Crippen LogP contribution in [0.5, 0.6) is 11.5 Å². The first kappa shape index (κ1) is 22.8. The van der Waals surface area contributed by atoms with Gasteiger partial charge in [-0.25, -0.2) is 0 Å². The van der Waals surface area contributed by atoms with Crippen LogP contribution in [0.4, 0.5) is 0 Å². The molecule has 0 bridgehead atoms. The summed E-state index contributed by atoms with van der Waals surface area (Å²) in [5.41, 5.74) is 5.48. The minimum atomic E-state index is -0.200. The zero-order chi connectivity index (χ0) is 22.6. The van der Waals surface area contributed by atoms with E-state index in [2.05, 4.69) is 35.6 Å². The summed E-state index contributed by atoms with van der Waals surface area (Å²) in [4.78, 5) is 11.6. The SMILES string of the molecule is COc1cc(CN(Cc2cccc(C)n2)Cc2cccc(C)n2)c(O)c(C(C)(C)C)c1. The molecular formula is C26H33N3O2. The minimum Gasteiger partial charge on any atom is -0.507 e. The van der Waals surface area contributed by atoms with Crippen molar-refractivity contribution in [2.75, 3.05) is 7.11 Å². The van der Waals surface area contributed by atoms with Crippen molar-refractivity contribution in [3.05, 3.63) is 82.4 Å². The number of phenols is 1. The third-order valence-corrected chi connectivity index (χ3v) is 5.26. The van der Waals surface area contributed by atoms with Crippen LogP contribution in [0.2, 0.25) is 0 Å². The molecule has 0 spiro atoms. The van der Waals surface area contributed by atoms with Gasteiger partial charge in [-0.3, -0.25) is 14.9 Å². The van der Waals surface area contributed by atoms with Crippen LogP contribution in [-0.2, 0) is 25.0 Å². The van der Waals surface area contributed by atoms with Gasteiger partial charge >= 0.3 is 0 Å². The molecule has 3 aromatic rings. The molecule has 5 nitrogen and oxygen atoms in total. The summed E-state index contributed by atoms with van der Waals surface area (Å²) in [7, 11) is 1.66. The largest absolute Gasteiger partial charge is 0.507 e. The molecule has 2 aromatic heterocycles. The van der Waals surface area contributed by atoms with Crippen LogP contribution in [0.25, 0.3) is 0 Å². The van der Waals surface area contributed by atoms with E-state index in [-0.39, 0.29) is 5.41 Å². The fraction of sp³-hybridized carbons (Fsp3) is 0.385. The van der Waals surface area contributed by atoms with Crippen molar-refractivity contribution in [1.82, 2.24) is 14.9 Å². The summed E-state index contributed by atoms with van der Waals surface area (Å²) in [6.45, 7) is 12.1. The molecule has 0 radical (unpaired) electrons. The highest BCUT2D eigenvalue weighted by atomic mass is 16.5. The average Bonchev–Trinajstić information content (AvgIpc) is 2.68. The first-order valence-corrected chi connectivity index (χ1v) is 10.6. The van der Waals surface area contributed by atoms with Crippen LogP contribution in [0.3, 0.4) is 0 Å². The standard InChI is InChI=1S/C26H33N3O2/c1-18-9-7-11-21(27-18)16-29(17-22-12-8-10-19(2)28-22)15-20-13-23(31-6)14-24(25(20)30)26(3,4)5/h7-14,30H,15-17H2,1-6H3. The summed E-state index contributed by atoms with van der Waals surface area (Å²) in [5.74, 6) is 1.08. The van der Waals surface area contributed by atoms with Gasteiger partial charge in [0.25, 0.3) is 0 Å². The monoisotopic (exact) mass is 419 g/mol. The van der Waals surface area contributed by atoms with Crippen LogP contribution in [-0.4, -0.2) is 27.1 Å². The lowest BCUT2D eigenvalue weighted by Crippen LogP contribution is -2.24. The highest BCUT2D eigenvalue weighted by Gasteiger charge is 2.23. The Balaban J connectivity index is 1.97. The summed E-state index contributed by atoms with van der Waals surface area (Å²) in [5, 5.41) is 11.1. The Morgan fingerprint density at radius 3 is 1.87 bits per heavy atom. The minimum absolute atomic E-state index is 0.200. The molecule has 0 amide bonds. The van der Waals surface area contributed by atoms with Crippen molar-refractivity contribution in [1.29, 1.82) is 0 Å². The maximum Gasteiger partial charge on any atom is 0.124 e. The predicted molar refractivity (Wildman–Crippen MR) is 124 cm³/mol. The number of methoxy groups -OCH3 is 1. The van der Waals surface area contributed by atoms with Gasteiger partial charge in [-0.2, -0.15) is 0 Å². The molecule has 0 aliphatic carbocycles. The third kappa shape index (κ3) is 6.05. The Hall–Kier alpha value is -2.92. The molecule has 5 heteroatoms. The lowest BCUT2D eigenvalue weighted by atomic mass is 9.85. The fourth-order valence-corrected chi connectivity index (χ4v) is 3.72. The van der Waals surface area contributed by atoms with E-state index in [1.165, 1.54) is 0 Å². The molecule has 1 aromatic carbocycles. The topological polar surface area (TPSA) is 58.5 Å². The highest BCUT2D eigenvalue weighted by molar-refractivity contribution is 5.49. The number of aryl methyl sites for hydroxylation is 2. The van der Waals surface area contributed by atoms with Gasteiger partial charge in [0, 0.05) is 42.1 Å². The Bertz CT molecular complexity index is 994. The average molecular weight is 420 g/mol. The number of aromatic hydroxyl groups is 1. The number of hydrogen-bond acceptors (Lipinski definition) is 5. The van der Waals surface area contributed by atoms with Crippen molar-refractivity contribution in [2.24, 2.45) is 0 Å². The third-order valence-electron chi connectivity index (χ3n) is 5.26. The molecule has 0 fully saturated rings. The van der Waals surface area contributed by atoms with Crippen molar-refractivity contribution < 1.29 is 9.84 Å². The van der Waals surface area contributed by atoms with E-state index in [4.69, 9.17) is 4.74 Å². The zero-order valence-electron chi connectivity index (χ0n) is 19.4. The number of aromatic nitrogens is 2. The first-order chi connectivity index (χ1) is 14.7. The number of pyridine rings is 2. The first-order valence-electron chi connectivity index (χ1n) is 10.6. The normalized spacial score (nSPS) is 11.7. The van der Waals surface area contributed by atoms with E-state index in [0.717, 1.165) is 39.7 Å². The number of phenolic OH excluding ortho intramolecular Hbond substituents is 1. The molecule has 31 heavy (non-hydrogen) atoms. The maximum atomic E-state index is 11.1. The van der Waals surface area contributed by atoms with Gasteiger partial charge in [0.2, 0.25) is 0 Å². The molecule has 0 saturated carbocycles. The molecular weight excluding hydrogens is 386 g/mol. The number of hydrogen-bond donors (Lipinski definition) is 1. The molecule has 164 valence electrons. The highest BCUT2D eigenvalue weighted by Crippen LogP contribution is 2.37. The van der Waals surface area contributed by atoms with E-state index in [9.17, 15) is 5.11 Å². The van der Waals surface area contributed by atoms with Crippen molar-refractivity contribution in [2.45, 2.75) is 59.7 Å². The fourth-order valence-electron chi connectivity index (χ4n) is 3.72. The van der Waals surface area contributed by atoms with Gasteiger partial charge in [-0.15, -0.1) is 0 Å². The quantitative estimate of drug-likeness (QED) is 0.563. The number of ether oxygens (including phenoxy) is 1. The number of nitrogens with zero attached hydrogens (tertiary/aromatic N) is 3. The zero-order valence-corrected chi connectivity index (χ0v) is 19.4. The Morgan fingerprint density at radius 2 is 1.42 bits per heavy atom.